The fraction of sp³-hybridized carbons (Fsp3) is 0.182. The minimum absolute atomic E-state index is 0.150. The van der Waals surface area contributed by atoms with Crippen LogP contribution in [-0.4, -0.2) is 26.6 Å². The van der Waals surface area contributed by atoms with E-state index >= 15 is 0 Å². The molecule has 7 nitrogen and oxygen atoms in total. The zero-order valence-corrected chi connectivity index (χ0v) is 17.0. The highest BCUT2D eigenvalue weighted by molar-refractivity contribution is 7.09. The van der Waals surface area contributed by atoms with Crippen LogP contribution in [-0.2, 0) is 24.3 Å². The molecule has 0 fully saturated rings. The zero-order chi connectivity index (χ0) is 20.9. The van der Waals surface area contributed by atoms with Crippen molar-refractivity contribution in [1.29, 1.82) is 0 Å². The van der Waals surface area contributed by atoms with Crippen LogP contribution in [0.15, 0.2) is 75.8 Å². The van der Waals surface area contributed by atoms with Crippen LogP contribution in [0.4, 0.5) is 0 Å². The Hall–Kier alpha value is -3.52. The van der Waals surface area contributed by atoms with Crippen molar-refractivity contribution in [3.05, 3.63) is 97.5 Å². The van der Waals surface area contributed by atoms with Gasteiger partial charge in [-0.1, -0.05) is 36.4 Å². The SMILES string of the molecule is O=C(Cn1c(=O)n(Cc2cccs2)c(=O)c2ncccc21)NCCc1ccccc1. The van der Waals surface area contributed by atoms with Crippen molar-refractivity contribution < 1.29 is 4.79 Å². The maximum Gasteiger partial charge on any atom is 0.332 e. The van der Waals surface area contributed by atoms with E-state index in [0.29, 0.717) is 18.5 Å². The maximum atomic E-state index is 13.1. The summed E-state index contributed by atoms with van der Waals surface area (Å²) in [6, 6.07) is 16.8. The average molecular weight is 420 g/mol. The average Bonchev–Trinajstić information content (AvgIpc) is 3.28. The molecule has 1 aromatic carbocycles. The van der Waals surface area contributed by atoms with Gasteiger partial charge < -0.3 is 5.32 Å². The number of nitrogens with zero attached hydrogens (tertiary/aromatic N) is 3. The van der Waals surface area contributed by atoms with Gasteiger partial charge in [-0.15, -0.1) is 11.3 Å². The fourth-order valence-corrected chi connectivity index (χ4v) is 3.98. The second kappa shape index (κ2) is 8.87. The van der Waals surface area contributed by atoms with Crippen molar-refractivity contribution >= 4 is 28.3 Å². The van der Waals surface area contributed by atoms with Gasteiger partial charge in [0.15, 0.2) is 5.52 Å². The fourth-order valence-electron chi connectivity index (χ4n) is 3.28. The number of aromatic nitrogens is 3. The second-order valence-corrected chi connectivity index (χ2v) is 7.83. The number of carbonyl (C=O) groups is 1. The molecule has 0 radical (unpaired) electrons. The first kappa shape index (κ1) is 19.8. The van der Waals surface area contributed by atoms with E-state index in [0.717, 1.165) is 15.0 Å². The summed E-state index contributed by atoms with van der Waals surface area (Å²) in [5.74, 6) is -0.292. The predicted octanol–water partition coefficient (Wildman–Crippen LogP) is 2.03. The second-order valence-electron chi connectivity index (χ2n) is 6.80. The Kier molecular flexibility index (Phi) is 5.85. The highest BCUT2D eigenvalue weighted by atomic mass is 32.1. The van der Waals surface area contributed by atoms with Gasteiger partial charge in [0.1, 0.15) is 6.54 Å². The molecule has 1 amide bonds. The number of fused-ring (bicyclic) bond motifs is 1. The number of pyridine rings is 1. The Morgan fingerprint density at radius 3 is 2.60 bits per heavy atom. The van der Waals surface area contributed by atoms with Crippen molar-refractivity contribution in [2.75, 3.05) is 6.54 Å². The molecule has 0 spiro atoms. The summed E-state index contributed by atoms with van der Waals surface area (Å²) in [7, 11) is 0. The van der Waals surface area contributed by atoms with Gasteiger partial charge in [-0.05, 0) is 35.6 Å². The summed E-state index contributed by atoms with van der Waals surface area (Å²) in [6.45, 7) is 0.431. The first-order valence-corrected chi connectivity index (χ1v) is 10.4. The van der Waals surface area contributed by atoms with Crippen molar-refractivity contribution in [3.63, 3.8) is 0 Å². The number of hydrogen-bond donors (Lipinski definition) is 1. The molecule has 1 N–H and O–H groups in total. The Morgan fingerprint density at radius 2 is 1.83 bits per heavy atom. The molecule has 4 aromatic rings. The van der Waals surface area contributed by atoms with E-state index in [9.17, 15) is 14.4 Å². The largest absolute Gasteiger partial charge is 0.354 e. The molecule has 3 heterocycles. The van der Waals surface area contributed by atoms with Crippen LogP contribution < -0.4 is 16.6 Å². The molecule has 0 aliphatic carbocycles. The maximum absolute atomic E-state index is 13.1. The quantitative estimate of drug-likeness (QED) is 0.496. The third kappa shape index (κ3) is 4.23. The Labute approximate surface area is 176 Å². The topological polar surface area (TPSA) is 86.0 Å². The number of hydrogen-bond acceptors (Lipinski definition) is 5. The first-order chi connectivity index (χ1) is 14.6. The van der Waals surface area contributed by atoms with E-state index in [2.05, 4.69) is 10.3 Å². The van der Waals surface area contributed by atoms with E-state index in [-0.39, 0.29) is 24.5 Å². The molecule has 30 heavy (non-hydrogen) atoms. The van der Waals surface area contributed by atoms with E-state index in [4.69, 9.17) is 0 Å². The van der Waals surface area contributed by atoms with Crippen LogP contribution in [0.1, 0.15) is 10.4 Å². The van der Waals surface area contributed by atoms with Crippen molar-refractivity contribution in [2.45, 2.75) is 19.5 Å². The van der Waals surface area contributed by atoms with E-state index in [1.807, 2.05) is 47.8 Å². The summed E-state index contributed by atoms with van der Waals surface area (Å²) in [6.07, 6.45) is 2.20. The van der Waals surface area contributed by atoms with Gasteiger partial charge >= 0.3 is 5.69 Å². The zero-order valence-electron chi connectivity index (χ0n) is 16.2. The van der Waals surface area contributed by atoms with Gasteiger partial charge in [0.05, 0.1) is 12.1 Å². The molecule has 152 valence electrons. The van der Waals surface area contributed by atoms with Crippen molar-refractivity contribution in [3.8, 4) is 0 Å². The summed E-state index contributed by atoms with van der Waals surface area (Å²) in [5, 5.41) is 4.73. The van der Waals surface area contributed by atoms with E-state index in [1.165, 1.54) is 22.1 Å². The van der Waals surface area contributed by atoms with Gasteiger partial charge in [0, 0.05) is 17.6 Å². The van der Waals surface area contributed by atoms with Crippen LogP contribution in [0.3, 0.4) is 0 Å². The van der Waals surface area contributed by atoms with Gasteiger partial charge in [-0.2, -0.15) is 0 Å². The predicted molar refractivity (Wildman–Crippen MR) is 117 cm³/mol. The lowest BCUT2D eigenvalue weighted by molar-refractivity contribution is -0.121. The molecule has 0 unspecified atom stereocenters. The van der Waals surface area contributed by atoms with E-state index < -0.39 is 11.2 Å². The summed E-state index contributed by atoms with van der Waals surface area (Å²) >= 11 is 1.46. The summed E-state index contributed by atoms with van der Waals surface area (Å²) in [5.41, 5.74) is 0.671. The first-order valence-electron chi connectivity index (χ1n) is 9.55. The van der Waals surface area contributed by atoms with Gasteiger partial charge in [0.25, 0.3) is 5.56 Å². The molecular formula is C22H20N4O3S. The third-order valence-electron chi connectivity index (χ3n) is 4.76. The van der Waals surface area contributed by atoms with Crippen LogP contribution in [0.5, 0.6) is 0 Å². The van der Waals surface area contributed by atoms with Crippen LogP contribution in [0, 0.1) is 0 Å². The molecule has 0 saturated heterocycles. The number of carbonyl (C=O) groups excluding carboxylic acids is 1. The highest BCUT2D eigenvalue weighted by Gasteiger charge is 2.16. The minimum Gasteiger partial charge on any atom is -0.354 e. The lowest BCUT2D eigenvalue weighted by atomic mass is 10.1. The Bertz CT molecular complexity index is 1280. The molecule has 0 atom stereocenters. The lowest BCUT2D eigenvalue weighted by Crippen LogP contribution is -2.43. The van der Waals surface area contributed by atoms with Gasteiger partial charge in [-0.25, -0.2) is 9.78 Å². The molecule has 3 aromatic heterocycles. The number of amides is 1. The molecule has 0 saturated carbocycles. The van der Waals surface area contributed by atoms with Crippen LogP contribution >= 0.6 is 11.3 Å². The summed E-state index contributed by atoms with van der Waals surface area (Å²) < 4.78 is 2.45. The van der Waals surface area contributed by atoms with Crippen molar-refractivity contribution in [2.24, 2.45) is 0 Å². The minimum atomic E-state index is -0.521. The monoisotopic (exact) mass is 420 g/mol. The van der Waals surface area contributed by atoms with Gasteiger partial charge in [0.2, 0.25) is 5.91 Å². The number of thiophene rings is 1. The molecular weight excluding hydrogens is 400 g/mol. The smallest absolute Gasteiger partial charge is 0.332 e. The number of nitrogens with one attached hydrogen (secondary N) is 1. The number of rotatable bonds is 7. The van der Waals surface area contributed by atoms with Gasteiger partial charge in [-0.3, -0.25) is 18.7 Å². The van der Waals surface area contributed by atoms with Crippen LogP contribution in [0.2, 0.25) is 0 Å². The lowest BCUT2D eigenvalue weighted by Gasteiger charge is -2.13. The third-order valence-corrected chi connectivity index (χ3v) is 5.62. The van der Waals surface area contributed by atoms with Crippen LogP contribution in [0.25, 0.3) is 11.0 Å². The molecule has 0 aliphatic rings. The standard InChI is InChI=1S/C22H20N4O3S/c27-19(23-12-10-16-6-2-1-3-7-16)15-25-18-9-4-11-24-20(18)21(28)26(22(25)29)14-17-8-5-13-30-17/h1-9,11,13H,10,12,14-15H2,(H,23,27). The Morgan fingerprint density at radius 1 is 1.00 bits per heavy atom. The number of benzene rings is 1. The molecule has 0 bridgehead atoms. The molecule has 0 aliphatic heterocycles. The Balaban J connectivity index is 1.60. The normalized spacial score (nSPS) is 10.9. The highest BCUT2D eigenvalue weighted by Crippen LogP contribution is 2.10. The summed E-state index contributed by atoms with van der Waals surface area (Å²) in [4.78, 5) is 43.5. The molecule has 4 rings (SSSR count). The molecule has 8 heteroatoms. The van der Waals surface area contributed by atoms with Crippen molar-refractivity contribution in [1.82, 2.24) is 19.4 Å². The van der Waals surface area contributed by atoms with E-state index in [1.54, 1.807) is 12.1 Å².